The Morgan fingerprint density at radius 2 is 1.82 bits per heavy atom. The number of aliphatic hydroxyl groups is 1. The van der Waals surface area contributed by atoms with Gasteiger partial charge in [-0.05, 0) is 66.5 Å². The Labute approximate surface area is 227 Å². The van der Waals surface area contributed by atoms with E-state index in [0.29, 0.717) is 18.5 Å². The number of rotatable bonds is 10. The van der Waals surface area contributed by atoms with Gasteiger partial charge in [0.15, 0.2) is 11.9 Å². The number of amides is 1. The molecule has 3 aromatic rings. The molecule has 0 spiro atoms. The fraction of sp³-hybridized carbons (Fsp3) is 0.312. The van der Waals surface area contributed by atoms with Gasteiger partial charge in [-0.1, -0.05) is 55.5 Å². The van der Waals surface area contributed by atoms with Crippen LogP contribution >= 0.6 is 0 Å². The molecule has 7 nitrogen and oxygen atoms in total. The molecule has 39 heavy (non-hydrogen) atoms. The number of benzene rings is 2. The molecule has 2 aromatic carbocycles. The number of aromatic nitrogens is 1. The predicted octanol–water partition coefficient (Wildman–Crippen LogP) is 5.33. The molecular formula is C32H32N2O5. The Bertz CT molecular complexity index is 1380. The van der Waals surface area contributed by atoms with Crippen LogP contribution in [0.4, 0.5) is 5.69 Å². The first kappa shape index (κ1) is 26.4. The Hall–Kier alpha value is -4.26. The number of anilines is 1. The van der Waals surface area contributed by atoms with Gasteiger partial charge in [0.25, 0.3) is 0 Å². The van der Waals surface area contributed by atoms with E-state index in [-0.39, 0.29) is 29.7 Å². The van der Waals surface area contributed by atoms with Crippen molar-refractivity contribution >= 4 is 23.3 Å². The van der Waals surface area contributed by atoms with Gasteiger partial charge < -0.3 is 15.2 Å². The van der Waals surface area contributed by atoms with Crippen molar-refractivity contribution in [1.82, 2.24) is 4.98 Å². The molecule has 2 N–H and O–H groups in total. The molecule has 1 aliphatic heterocycles. The van der Waals surface area contributed by atoms with Gasteiger partial charge in [0, 0.05) is 29.9 Å². The van der Waals surface area contributed by atoms with Crippen LogP contribution in [-0.2, 0) is 32.0 Å². The van der Waals surface area contributed by atoms with Crippen LogP contribution in [0.2, 0.25) is 0 Å². The fourth-order valence-corrected chi connectivity index (χ4v) is 5.37. The number of Topliss-reactive ketones (excluding diaryl/α,β-unsaturated/α-hetero) is 1. The number of cyclic esters (lactones) is 1. The maximum absolute atomic E-state index is 13.4. The summed E-state index contributed by atoms with van der Waals surface area (Å²) in [6.07, 6.45) is 5.39. The zero-order valence-corrected chi connectivity index (χ0v) is 21.9. The molecule has 1 fully saturated rings. The molecule has 1 amide bonds. The van der Waals surface area contributed by atoms with E-state index < -0.39 is 29.5 Å². The second-order valence-corrected chi connectivity index (χ2v) is 10.3. The highest BCUT2D eigenvalue weighted by Gasteiger charge is 2.47. The van der Waals surface area contributed by atoms with Gasteiger partial charge in [-0.3, -0.25) is 14.6 Å². The van der Waals surface area contributed by atoms with E-state index in [2.05, 4.69) is 10.3 Å². The van der Waals surface area contributed by atoms with Crippen LogP contribution in [0.3, 0.4) is 0 Å². The van der Waals surface area contributed by atoms with Gasteiger partial charge in [0.1, 0.15) is 0 Å². The van der Waals surface area contributed by atoms with Gasteiger partial charge >= 0.3 is 5.97 Å². The lowest BCUT2D eigenvalue weighted by Crippen LogP contribution is -2.42. The highest BCUT2D eigenvalue weighted by atomic mass is 16.6. The molecule has 0 saturated heterocycles. The topological polar surface area (TPSA) is 106 Å². The minimum absolute atomic E-state index is 0.0205. The van der Waals surface area contributed by atoms with Gasteiger partial charge in [0.05, 0.1) is 12.0 Å². The number of nitrogens with one attached hydrogen (secondary N) is 1. The largest absolute Gasteiger partial charge is 0.504 e. The SMILES string of the molecule is CCC(Cc1ccccc1)C1OC(=O)C(C(c2cccc(NC(=O)Cc3cccnc3)c2)C2CC2)=C(O)C1=O. The first-order valence-electron chi connectivity index (χ1n) is 13.5. The smallest absolute Gasteiger partial charge is 0.339 e. The van der Waals surface area contributed by atoms with Crippen LogP contribution in [0, 0.1) is 11.8 Å². The third kappa shape index (κ3) is 6.08. The summed E-state index contributed by atoms with van der Waals surface area (Å²) in [5.74, 6) is -2.51. The van der Waals surface area contributed by atoms with Gasteiger partial charge in [-0.15, -0.1) is 0 Å². The van der Waals surface area contributed by atoms with E-state index in [1.165, 1.54) is 0 Å². The molecule has 1 aromatic heterocycles. The van der Waals surface area contributed by atoms with Gasteiger partial charge in [-0.2, -0.15) is 0 Å². The van der Waals surface area contributed by atoms with E-state index in [4.69, 9.17) is 4.74 Å². The Morgan fingerprint density at radius 3 is 2.51 bits per heavy atom. The van der Waals surface area contributed by atoms with Crippen molar-refractivity contribution in [3.8, 4) is 0 Å². The number of carbonyl (C=O) groups is 3. The van der Waals surface area contributed by atoms with E-state index in [9.17, 15) is 19.5 Å². The van der Waals surface area contributed by atoms with Crippen LogP contribution in [0.1, 0.15) is 48.8 Å². The predicted molar refractivity (Wildman–Crippen MR) is 147 cm³/mol. The van der Waals surface area contributed by atoms with Crippen molar-refractivity contribution < 1.29 is 24.2 Å². The molecule has 5 rings (SSSR count). The van der Waals surface area contributed by atoms with E-state index in [0.717, 1.165) is 29.5 Å². The average Bonchev–Trinajstić information content (AvgIpc) is 3.78. The Kier molecular flexibility index (Phi) is 7.87. The van der Waals surface area contributed by atoms with E-state index in [1.54, 1.807) is 36.7 Å². The number of hydrogen-bond donors (Lipinski definition) is 2. The minimum Gasteiger partial charge on any atom is -0.504 e. The number of hydrogen-bond acceptors (Lipinski definition) is 6. The molecule has 3 atom stereocenters. The van der Waals surface area contributed by atoms with Gasteiger partial charge in [0.2, 0.25) is 11.7 Å². The maximum Gasteiger partial charge on any atom is 0.339 e. The first-order valence-corrected chi connectivity index (χ1v) is 13.5. The lowest BCUT2D eigenvalue weighted by atomic mass is 9.81. The van der Waals surface area contributed by atoms with Crippen LogP contribution in [-0.4, -0.2) is 33.9 Å². The average molecular weight is 525 g/mol. The summed E-state index contributed by atoms with van der Waals surface area (Å²) in [5.41, 5.74) is 3.19. The van der Waals surface area contributed by atoms with Crippen LogP contribution in [0.25, 0.3) is 0 Å². The van der Waals surface area contributed by atoms with Crippen molar-refractivity contribution in [2.24, 2.45) is 11.8 Å². The summed E-state index contributed by atoms with van der Waals surface area (Å²) >= 11 is 0. The molecule has 2 aliphatic rings. The minimum atomic E-state index is -1.02. The number of carbonyl (C=O) groups excluding carboxylic acids is 3. The third-order valence-corrected chi connectivity index (χ3v) is 7.52. The van der Waals surface area contributed by atoms with Crippen molar-refractivity contribution in [3.05, 3.63) is 107 Å². The number of ether oxygens (including phenoxy) is 1. The summed E-state index contributed by atoms with van der Waals surface area (Å²) in [6, 6.07) is 20.6. The molecule has 1 saturated carbocycles. The summed E-state index contributed by atoms with van der Waals surface area (Å²) in [7, 11) is 0. The summed E-state index contributed by atoms with van der Waals surface area (Å²) in [5, 5.41) is 14.0. The summed E-state index contributed by atoms with van der Waals surface area (Å²) in [6.45, 7) is 1.95. The lowest BCUT2D eigenvalue weighted by molar-refractivity contribution is -0.158. The third-order valence-electron chi connectivity index (χ3n) is 7.52. The van der Waals surface area contributed by atoms with E-state index in [1.807, 2.05) is 49.4 Å². The highest BCUT2D eigenvalue weighted by Crippen LogP contribution is 2.49. The van der Waals surface area contributed by atoms with Crippen LogP contribution in [0.5, 0.6) is 0 Å². The number of ketones is 1. The second-order valence-electron chi connectivity index (χ2n) is 10.3. The van der Waals surface area contributed by atoms with Crippen LogP contribution < -0.4 is 5.32 Å². The molecule has 7 heteroatoms. The van der Waals surface area contributed by atoms with Crippen molar-refractivity contribution in [1.29, 1.82) is 0 Å². The van der Waals surface area contributed by atoms with Crippen molar-refractivity contribution in [2.75, 3.05) is 5.32 Å². The molecule has 2 heterocycles. The zero-order valence-electron chi connectivity index (χ0n) is 21.9. The monoisotopic (exact) mass is 524 g/mol. The molecule has 0 bridgehead atoms. The Balaban J connectivity index is 1.37. The normalized spacial score (nSPS) is 18.8. The second kappa shape index (κ2) is 11.6. The summed E-state index contributed by atoms with van der Waals surface area (Å²) < 4.78 is 5.77. The van der Waals surface area contributed by atoms with Gasteiger partial charge in [-0.25, -0.2) is 4.79 Å². The van der Waals surface area contributed by atoms with E-state index >= 15 is 0 Å². The highest BCUT2D eigenvalue weighted by molar-refractivity contribution is 6.09. The Morgan fingerprint density at radius 1 is 1.05 bits per heavy atom. The lowest BCUT2D eigenvalue weighted by Gasteiger charge is -2.31. The number of aliphatic hydroxyl groups excluding tert-OH is 1. The molecule has 200 valence electrons. The molecule has 1 aliphatic carbocycles. The standard InChI is InChI=1S/C32H32N2O5/c1-2-22(16-20-8-4-3-5-9-20)31-30(37)29(36)28(32(38)39-31)27(23-13-14-23)24-11-6-12-25(18-24)34-26(35)17-21-10-7-15-33-19-21/h3-12,15,18-19,22-23,27,31,36H,2,13-14,16-17H2,1H3,(H,34,35). The van der Waals surface area contributed by atoms with Crippen molar-refractivity contribution in [2.45, 2.75) is 51.0 Å². The zero-order chi connectivity index (χ0) is 27.4. The summed E-state index contributed by atoms with van der Waals surface area (Å²) in [4.78, 5) is 43.4. The van der Waals surface area contributed by atoms with Crippen molar-refractivity contribution in [3.63, 3.8) is 0 Å². The maximum atomic E-state index is 13.4. The first-order chi connectivity index (χ1) is 18.9. The number of nitrogens with zero attached hydrogens (tertiary/aromatic N) is 1. The molecule has 3 unspecified atom stereocenters. The fourth-order valence-electron chi connectivity index (χ4n) is 5.37. The quantitative estimate of drug-likeness (QED) is 0.347. The number of pyridine rings is 1. The molecule has 0 radical (unpaired) electrons. The molecular weight excluding hydrogens is 492 g/mol. The van der Waals surface area contributed by atoms with Crippen LogP contribution in [0.15, 0.2) is 90.5 Å². The number of esters is 1.